The van der Waals surface area contributed by atoms with Gasteiger partial charge in [-0.1, -0.05) is 178 Å². The molecule has 0 bridgehead atoms. The molecule has 3 aromatic heterocycles. The van der Waals surface area contributed by atoms with Crippen molar-refractivity contribution in [2.75, 3.05) is 0 Å². The predicted molar refractivity (Wildman–Crippen MR) is 281 cm³/mol. The van der Waals surface area contributed by atoms with Gasteiger partial charge in [0.2, 0.25) is 0 Å². The van der Waals surface area contributed by atoms with Crippen molar-refractivity contribution in [3.63, 3.8) is 0 Å². The van der Waals surface area contributed by atoms with Gasteiger partial charge in [-0.2, -0.15) is 5.10 Å². The third-order valence-corrected chi connectivity index (χ3v) is 10.4. The van der Waals surface area contributed by atoms with E-state index < -0.39 is 0 Å². The molecule has 0 radical (unpaired) electrons. The average Bonchev–Trinajstić information content (AvgIpc) is 4.13. The fraction of sp³-hybridized carbons (Fsp3) is 0.0678. The highest BCUT2D eigenvalue weighted by molar-refractivity contribution is 6.11. The summed E-state index contributed by atoms with van der Waals surface area (Å²) in [6, 6.07) is 61.5. The van der Waals surface area contributed by atoms with Crippen LogP contribution in [0.25, 0.3) is 89.5 Å². The molecule has 3 N–H and O–H groups in total. The summed E-state index contributed by atoms with van der Waals surface area (Å²) in [5, 5.41) is 17.3. The first kappa shape index (κ1) is 46.2. The first-order valence-corrected chi connectivity index (χ1v) is 21.9. The Morgan fingerprint density at radius 3 is 1.74 bits per heavy atom. The first-order valence-electron chi connectivity index (χ1n) is 21.9. The van der Waals surface area contributed by atoms with Gasteiger partial charge in [0.05, 0.1) is 11.0 Å². The van der Waals surface area contributed by atoms with E-state index in [0.717, 1.165) is 28.3 Å². The van der Waals surface area contributed by atoms with Crippen LogP contribution in [0.2, 0.25) is 0 Å². The minimum Gasteiger partial charge on any atom is -0.361 e. The van der Waals surface area contributed by atoms with Gasteiger partial charge >= 0.3 is 0 Å². The summed E-state index contributed by atoms with van der Waals surface area (Å²) < 4.78 is 2.37. The van der Waals surface area contributed by atoms with E-state index in [4.69, 9.17) is 5.41 Å². The molecule has 10 rings (SSSR count). The lowest BCUT2D eigenvalue weighted by Crippen LogP contribution is -1.93. The third kappa shape index (κ3) is 11.0. The van der Waals surface area contributed by atoms with Gasteiger partial charge in [-0.25, -0.2) is 4.98 Å². The SMILES string of the molecule is C/C=C\C=C/c1c[nH]c2cc(-c3ccccc3)c(-c3ccc4c(c3)c3ccccc3n4-c3ccccc3)cc12.C/C=C\C=N.C=C.CC.c1ccc(-c2n[nH]c(-c3ccccc3)n2)cc1. The van der Waals surface area contributed by atoms with Gasteiger partial charge < -0.3 is 15.0 Å². The highest BCUT2D eigenvalue weighted by atomic mass is 15.2. The number of rotatable bonds is 8. The molecule has 0 atom stereocenters. The molecule has 0 aliphatic carbocycles. The lowest BCUT2D eigenvalue weighted by atomic mass is 9.91. The van der Waals surface area contributed by atoms with Crippen LogP contribution in [0.1, 0.15) is 33.3 Å². The fourth-order valence-electron chi connectivity index (χ4n) is 7.49. The largest absolute Gasteiger partial charge is 0.361 e. The average molecular weight is 849 g/mol. The third-order valence-electron chi connectivity index (χ3n) is 10.4. The van der Waals surface area contributed by atoms with E-state index in [2.05, 4.69) is 178 Å². The molecule has 0 saturated heterocycles. The monoisotopic (exact) mass is 848 g/mol. The van der Waals surface area contributed by atoms with Gasteiger partial charge in [-0.3, -0.25) is 5.10 Å². The summed E-state index contributed by atoms with van der Waals surface area (Å²) in [7, 11) is 0. The second-order valence-electron chi connectivity index (χ2n) is 14.3. The molecule has 0 aliphatic rings. The van der Waals surface area contributed by atoms with Crippen LogP contribution in [-0.4, -0.2) is 30.9 Å². The van der Waals surface area contributed by atoms with Gasteiger partial charge in [-0.15, -0.1) is 13.2 Å². The van der Waals surface area contributed by atoms with Crippen molar-refractivity contribution in [1.82, 2.24) is 24.7 Å². The van der Waals surface area contributed by atoms with E-state index in [1.54, 1.807) is 6.08 Å². The summed E-state index contributed by atoms with van der Waals surface area (Å²) in [4.78, 5) is 7.98. The number of aromatic nitrogens is 5. The van der Waals surface area contributed by atoms with Crippen LogP contribution in [0.15, 0.2) is 226 Å². The van der Waals surface area contributed by atoms with Crippen LogP contribution in [-0.2, 0) is 0 Å². The number of H-pyrrole nitrogens is 2. The second kappa shape index (κ2) is 23.8. The van der Waals surface area contributed by atoms with Crippen LogP contribution in [0, 0.1) is 5.41 Å². The van der Waals surface area contributed by atoms with Crippen molar-refractivity contribution in [2.24, 2.45) is 0 Å². The predicted octanol–water partition coefficient (Wildman–Crippen LogP) is 16.4. The Kier molecular flexibility index (Phi) is 16.9. The van der Waals surface area contributed by atoms with Gasteiger partial charge in [-0.05, 0) is 90.2 Å². The Morgan fingerprint density at radius 2 is 1.11 bits per heavy atom. The van der Waals surface area contributed by atoms with Gasteiger partial charge in [0, 0.05) is 50.9 Å². The number of hydrogen-bond donors (Lipinski definition) is 3. The Hall–Kier alpha value is -8.35. The molecule has 6 heteroatoms. The van der Waals surface area contributed by atoms with E-state index >= 15 is 0 Å². The molecule has 6 nitrogen and oxygen atoms in total. The zero-order chi connectivity index (χ0) is 45.8. The zero-order valence-corrected chi connectivity index (χ0v) is 37.6. The van der Waals surface area contributed by atoms with E-state index in [-0.39, 0.29) is 0 Å². The molecule has 0 saturated carbocycles. The van der Waals surface area contributed by atoms with E-state index in [0.29, 0.717) is 0 Å². The number of aromatic amines is 2. The molecular weight excluding hydrogens is 793 g/mol. The van der Waals surface area contributed by atoms with Gasteiger partial charge in [0.25, 0.3) is 0 Å². The normalized spacial score (nSPS) is 10.8. The van der Waals surface area contributed by atoms with E-state index in [1.807, 2.05) is 101 Å². The number of fused-ring (bicyclic) bond motifs is 4. The Balaban J connectivity index is 0.000000223. The van der Waals surface area contributed by atoms with Crippen LogP contribution >= 0.6 is 0 Å². The van der Waals surface area contributed by atoms with Crippen molar-refractivity contribution in [1.29, 1.82) is 5.41 Å². The maximum atomic E-state index is 6.39. The molecule has 3 heterocycles. The molecule has 0 aliphatic heterocycles. The Morgan fingerprint density at radius 1 is 0.538 bits per heavy atom. The molecule has 10 aromatic rings. The smallest absolute Gasteiger partial charge is 0.181 e. The molecule has 0 spiro atoms. The van der Waals surface area contributed by atoms with Crippen molar-refractivity contribution < 1.29 is 0 Å². The molecular formula is C59H56N6. The summed E-state index contributed by atoms with van der Waals surface area (Å²) in [5.74, 6) is 1.52. The fourth-order valence-corrected chi connectivity index (χ4v) is 7.49. The van der Waals surface area contributed by atoms with Crippen LogP contribution < -0.4 is 0 Å². The molecule has 65 heavy (non-hydrogen) atoms. The summed E-state index contributed by atoms with van der Waals surface area (Å²) in [5.41, 5.74) is 12.9. The summed E-state index contributed by atoms with van der Waals surface area (Å²) in [6.45, 7) is 13.9. The lowest BCUT2D eigenvalue weighted by molar-refractivity contribution is 1.10. The van der Waals surface area contributed by atoms with Crippen molar-refractivity contribution >= 4 is 45.0 Å². The molecule has 0 fully saturated rings. The second-order valence-corrected chi connectivity index (χ2v) is 14.3. The molecule has 7 aromatic carbocycles. The maximum Gasteiger partial charge on any atom is 0.181 e. The molecule has 0 unspecified atom stereocenters. The number of allylic oxidation sites excluding steroid dienone is 5. The zero-order valence-electron chi connectivity index (χ0n) is 37.6. The van der Waals surface area contributed by atoms with Gasteiger partial charge in [0.1, 0.15) is 0 Å². The quantitative estimate of drug-likeness (QED) is 0.0808. The minimum absolute atomic E-state index is 0.726. The molecule has 322 valence electrons. The highest BCUT2D eigenvalue weighted by Gasteiger charge is 2.16. The number of nitrogens with zero attached hydrogens (tertiary/aromatic N) is 3. The standard InChI is InChI=1S/C37H28N2.C14H11N3.C4H7N.C2H6.C2H4/c1-2-3-6-15-28-25-38-35-24-32(26-13-7-4-8-14-26)31(23-33(28)35)27-20-21-37-34(22-27)30-18-11-12-19-36(30)39(37)29-16-9-5-10-17-29;1-3-7-11(8-4-1)13-15-14(17-16-13)12-9-5-2-6-10-12;1-2-3-4-5;2*1-2/h2-25,38H,1H3;1-10H,(H,15,16,17);2-5H,1H3;1-2H3;1-2H2/b3-2-,15-6-;;3-2-,5-4?;;. The van der Waals surface area contributed by atoms with Gasteiger partial charge in [0.15, 0.2) is 11.6 Å². The summed E-state index contributed by atoms with van der Waals surface area (Å²) in [6.07, 6.45) is 15.2. The minimum atomic E-state index is 0.726. The van der Waals surface area contributed by atoms with E-state index in [1.165, 1.54) is 66.9 Å². The Bertz CT molecular complexity index is 3060. The number of nitrogens with one attached hydrogen (secondary N) is 3. The van der Waals surface area contributed by atoms with Crippen LogP contribution in [0.3, 0.4) is 0 Å². The van der Waals surface area contributed by atoms with E-state index in [9.17, 15) is 0 Å². The van der Waals surface area contributed by atoms with Crippen molar-refractivity contribution in [2.45, 2.75) is 27.7 Å². The number of para-hydroxylation sites is 2. The van der Waals surface area contributed by atoms with Crippen LogP contribution in [0.4, 0.5) is 0 Å². The summed E-state index contributed by atoms with van der Waals surface area (Å²) >= 11 is 0. The highest BCUT2D eigenvalue weighted by Crippen LogP contribution is 2.40. The number of hydrogen-bond acceptors (Lipinski definition) is 3. The lowest BCUT2D eigenvalue weighted by Gasteiger charge is -2.13. The Labute approximate surface area is 383 Å². The maximum absolute atomic E-state index is 6.39. The van der Waals surface area contributed by atoms with Crippen LogP contribution in [0.5, 0.6) is 0 Å². The topological polar surface area (TPSA) is 86.1 Å². The number of benzene rings is 7. The van der Waals surface area contributed by atoms with Crippen molar-refractivity contribution in [3.05, 3.63) is 231 Å². The van der Waals surface area contributed by atoms with Crippen molar-refractivity contribution in [3.8, 4) is 50.7 Å². The molecule has 0 amide bonds. The first-order chi connectivity index (χ1) is 32.2.